The van der Waals surface area contributed by atoms with Gasteiger partial charge >= 0.3 is 10.3 Å². The van der Waals surface area contributed by atoms with Crippen molar-refractivity contribution >= 4 is 33.8 Å². The van der Waals surface area contributed by atoms with Crippen LogP contribution >= 0.6 is 23.5 Å². The smallest absolute Gasteiger partial charge is 0.261 e. The van der Waals surface area contributed by atoms with E-state index in [9.17, 15) is 8.42 Å². The molecule has 96 valence electrons. The minimum atomic E-state index is -4.07. The highest BCUT2D eigenvalue weighted by atomic mass is 32.2. The van der Waals surface area contributed by atoms with Crippen molar-refractivity contribution in [3.05, 3.63) is 10.4 Å². The van der Waals surface area contributed by atoms with Crippen molar-refractivity contribution in [2.75, 3.05) is 11.5 Å². The summed E-state index contributed by atoms with van der Waals surface area (Å²) in [5, 5.41) is 0. The highest BCUT2D eigenvalue weighted by Gasteiger charge is 2.40. The lowest BCUT2D eigenvalue weighted by atomic mass is 9.97. The molecule has 0 amide bonds. The maximum Gasteiger partial charge on any atom is 0.358 e. The first-order valence-corrected chi connectivity index (χ1v) is 8.66. The monoisotopic (exact) mass is 295 g/mol. The number of rotatable bonds is 3. The van der Waals surface area contributed by atoms with E-state index in [4.69, 9.17) is 9.71 Å². The molecule has 1 spiro atoms. The van der Waals surface area contributed by atoms with Gasteiger partial charge in [-0.2, -0.15) is 8.42 Å². The maximum atomic E-state index is 11.2. The van der Waals surface area contributed by atoms with Gasteiger partial charge in [-0.15, -0.1) is 23.5 Å². The van der Waals surface area contributed by atoms with Crippen molar-refractivity contribution < 1.29 is 12.6 Å². The summed E-state index contributed by atoms with van der Waals surface area (Å²) in [6.07, 6.45) is 3.00. The maximum absolute atomic E-state index is 11.2. The van der Waals surface area contributed by atoms with Crippen LogP contribution in [0.1, 0.15) is 25.7 Å². The second kappa shape index (κ2) is 5.27. The molecule has 1 heterocycles. The van der Waals surface area contributed by atoms with Crippen molar-refractivity contribution in [3.8, 4) is 0 Å². The zero-order valence-electron chi connectivity index (χ0n) is 9.11. The second-order valence-corrected chi connectivity index (χ2v) is 8.43. The van der Waals surface area contributed by atoms with Gasteiger partial charge in [0, 0.05) is 16.4 Å². The Labute approximate surface area is 109 Å². The minimum Gasteiger partial charge on any atom is -0.261 e. The van der Waals surface area contributed by atoms with Gasteiger partial charge in [0.1, 0.15) is 0 Å². The molecular formula is C8H13N3O3S3. The molecule has 2 rings (SSSR count). The summed E-state index contributed by atoms with van der Waals surface area (Å²) in [6, 6.07) is 0. The molecule has 0 bridgehead atoms. The van der Waals surface area contributed by atoms with Crippen LogP contribution in [0.15, 0.2) is 4.52 Å². The Hall–Kier alpha value is -0.0800. The molecule has 9 heteroatoms. The SMILES string of the molecule is [N-]=[N+]=NS(=O)(=O)OC1CCC2(CC1)SCCS2. The Kier molecular flexibility index (Phi) is 4.14. The molecule has 17 heavy (non-hydrogen) atoms. The largest absolute Gasteiger partial charge is 0.358 e. The van der Waals surface area contributed by atoms with E-state index in [-0.39, 0.29) is 10.2 Å². The van der Waals surface area contributed by atoms with E-state index in [2.05, 4.69) is 9.43 Å². The second-order valence-electron chi connectivity index (χ2n) is 4.00. The van der Waals surface area contributed by atoms with Crippen LogP contribution in [0.2, 0.25) is 0 Å². The number of hydrogen-bond acceptors (Lipinski definition) is 5. The fraction of sp³-hybridized carbons (Fsp3) is 1.00. The summed E-state index contributed by atoms with van der Waals surface area (Å²) < 4.78 is 30.1. The number of hydrogen-bond donors (Lipinski definition) is 0. The summed E-state index contributed by atoms with van der Waals surface area (Å²) in [5.74, 6) is 2.35. The highest BCUT2D eigenvalue weighted by Crippen LogP contribution is 2.53. The van der Waals surface area contributed by atoms with Gasteiger partial charge in [-0.1, -0.05) is 0 Å². The molecule has 0 aromatic rings. The van der Waals surface area contributed by atoms with E-state index in [1.807, 2.05) is 23.5 Å². The number of azide groups is 1. The Morgan fingerprint density at radius 2 is 1.88 bits per heavy atom. The van der Waals surface area contributed by atoms with Crippen LogP contribution in [0, 0.1) is 0 Å². The fourth-order valence-electron chi connectivity index (χ4n) is 2.15. The van der Waals surface area contributed by atoms with E-state index in [1.54, 1.807) is 0 Å². The summed E-state index contributed by atoms with van der Waals surface area (Å²) >= 11 is 3.94. The predicted octanol–water partition coefficient (Wildman–Crippen LogP) is 2.68. The Morgan fingerprint density at radius 3 is 2.41 bits per heavy atom. The molecule has 0 N–H and O–H groups in total. The third-order valence-corrected chi connectivity index (χ3v) is 7.34. The van der Waals surface area contributed by atoms with Crippen LogP contribution in [-0.4, -0.2) is 30.1 Å². The zero-order valence-corrected chi connectivity index (χ0v) is 11.6. The van der Waals surface area contributed by atoms with Crippen LogP contribution in [0.3, 0.4) is 0 Å². The molecule has 0 aromatic heterocycles. The van der Waals surface area contributed by atoms with Gasteiger partial charge in [-0.05, 0) is 31.2 Å². The van der Waals surface area contributed by atoms with Crippen molar-refractivity contribution in [2.45, 2.75) is 35.9 Å². The van der Waals surface area contributed by atoms with Crippen LogP contribution in [0.25, 0.3) is 10.4 Å². The summed E-state index contributed by atoms with van der Waals surface area (Å²) in [5.41, 5.74) is 8.09. The standard InChI is InChI=1S/C8H13N3O3S3/c9-10-11-17(12,13)14-7-1-3-8(4-2-7)15-5-6-16-8/h7H,1-6H2. The normalized spacial score (nSPS) is 24.7. The van der Waals surface area contributed by atoms with Gasteiger partial charge in [0.05, 0.1) is 14.7 Å². The lowest BCUT2D eigenvalue weighted by Gasteiger charge is -2.34. The highest BCUT2D eigenvalue weighted by molar-refractivity contribution is 8.21. The molecule has 0 aromatic carbocycles. The van der Waals surface area contributed by atoms with Crippen LogP contribution in [-0.2, 0) is 14.5 Å². The molecule has 0 atom stereocenters. The summed E-state index contributed by atoms with van der Waals surface area (Å²) in [7, 11) is -4.07. The number of thioether (sulfide) groups is 2. The molecule has 0 unspecified atom stereocenters. The van der Waals surface area contributed by atoms with Crippen LogP contribution < -0.4 is 0 Å². The fourth-order valence-corrected chi connectivity index (χ4v) is 6.11. The van der Waals surface area contributed by atoms with Crippen molar-refractivity contribution in [3.63, 3.8) is 0 Å². The van der Waals surface area contributed by atoms with E-state index < -0.39 is 10.3 Å². The first kappa shape index (κ1) is 13.4. The topological polar surface area (TPSA) is 92.1 Å². The molecule has 2 fully saturated rings. The number of nitrogens with zero attached hydrogens (tertiary/aromatic N) is 3. The van der Waals surface area contributed by atoms with E-state index >= 15 is 0 Å². The molecule has 1 saturated heterocycles. The quantitative estimate of drug-likeness (QED) is 0.453. The minimum absolute atomic E-state index is 0.280. The Morgan fingerprint density at radius 1 is 1.29 bits per heavy atom. The summed E-state index contributed by atoms with van der Waals surface area (Å²) in [4.78, 5) is 2.25. The molecule has 1 aliphatic carbocycles. The van der Waals surface area contributed by atoms with E-state index in [1.165, 1.54) is 11.5 Å². The summed E-state index contributed by atoms with van der Waals surface area (Å²) in [6.45, 7) is 0. The van der Waals surface area contributed by atoms with E-state index in [0.717, 1.165) is 12.8 Å². The van der Waals surface area contributed by atoms with Gasteiger partial charge < -0.3 is 0 Å². The van der Waals surface area contributed by atoms with Gasteiger partial charge in [-0.3, -0.25) is 4.18 Å². The first-order chi connectivity index (χ1) is 8.05. The molecule has 0 radical (unpaired) electrons. The third-order valence-electron chi connectivity index (χ3n) is 2.90. The average Bonchev–Trinajstić information content (AvgIpc) is 2.70. The first-order valence-electron chi connectivity index (χ1n) is 5.33. The van der Waals surface area contributed by atoms with E-state index in [0.29, 0.717) is 12.8 Å². The van der Waals surface area contributed by atoms with Crippen molar-refractivity contribution in [1.29, 1.82) is 0 Å². The van der Waals surface area contributed by atoms with Crippen molar-refractivity contribution in [1.82, 2.24) is 0 Å². The molecular weight excluding hydrogens is 282 g/mol. The van der Waals surface area contributed by atoms with Crippen LogP contribution in [0.4, 0.5) is 0 Å². The molecule has 2 aliphatic rings. The lowest BCUT2D eigenvalue weighted by molar-refractivity contribution is 0.161. The lowest BCUT2D eigenvalue weighted by Crippen LogP contribution is -2.30. The predicted molar refractivity (Wildman–Crippen MR) is 69.1 cm³/mol. The Bertz CT molecular complexity index is 417. The van der Waals surface area contributed by atoms with Gasteiger partial charge in [0.2, 0.25) is 0 Å². The van der Waals surface area contributed by atoms with Crippen molar-refractivity contribution in [2.24, 2.45) is 4.52 Å². The molecule has 1 saturated carbocycles. The zero-order chi connectivity index (χ0) is 12.4. The van der Waals surface area contributed by atoms with Gasteiger partial charge in [0.25, 0.3) is 0 Å². The average molecular weight is 295 g/mol. The Balaban J connectivity index is 1.89. The molecule has 6 nitrogen and oxygen atoms in total. The molecule has 1 aliphatic heterocycles. The third kappa shape index (κ3) is 3.45. The van der Waals surface area contributed by atoms with Gasteiger partial charge in [0.15, 0.2) is 0 Å². The van der Waals surface area contributed by atoms with Gasteiger partial charge in [-0.25, -0.2) is 0 Å². The van der Waals surface area contributed by atoms with Crippen LogP contribution in [0.5, 0.6) is 0 Å².